The van der Waals surface area contributed by atoms with Gasteiger partial charge in [-0.2, -0.15) is 0 Å². The molecule has 8 rings (SSSR count). The largest absolute Gasteiger partial charge is 0.507 e. The van der Waals surface area contributed by atoms with Crippen molar-refractivity contribution in [3.8, 4) is 108 Å². The van der Waals surface area contributed by atoms with Gasteiger partial charge in [0, 0.05) is 43.6 Å². The van der Waals surface area contributed by atoms with Gasteiger partial charge < -0.3 is 60.6 Å². The molecule has 1 heterocycles. The molecule has 1 aromatic heterocycles. The lowest BCUT2D eigenvalue weighted by molar-refractivity contribution is 0.330. The number of benzene rings is 7. The van der Waals surface area contributed by atoms with Crippen molar-refractivity contribution in [2.45, 2.75) is 20.8 Å². The monoisotopic (exact) mass is 740 g/mol. The van der Waals surface area contributed by atoms with Crippen LogP contribution >= 0.6 is 0 Å². The van der Waals surface area contributed by atoms with E-state index in [1.165, 1.54) is 18.2 Å². The van der Waals surface area contributed by atoms with Crippen molar-refractivity contribution in [1.29, 1.82) is 0 Å². The van der Waals surface area contributed by atoms with Crippen molar-refractivity contribution in [2.75, 3.05) is 0 Å². The standard InChI is InChI=1S/C43H32O12/c1-16-17(2)34(45)31-28(25-18(3)55-24-14-13-20(15-23(24)25)26-35(46)39(50)43(54)40(51)36(26)47)32-30(37(48)41(52)42(53)38(32)49)27(29(31)33(16)44)22-12-8-7-11-21(22)19-9-5-4-6-10-19/h4-15,44-54H,1-3H3. The number of hydrogen-bond acceptors (Lipinski definition) is 12. The summed E-state index contributed by atoms with van der Waals surface area (Å²) in [5.41, 5.74) is 2.25. The molecule has 0 fully saturated rings. The maximum atomic E-state index is 12.2. The van der Waals surface area contributed by atoms with Gasteiger partial charge in [-0.25, -0.2) is 0 Å². The molecular formula is C43H32O12. The minimum Gasteiger partial charge on any atom is -0.507 e. The van der Waals surface area contributed by atoms with Crippen molar-refractivity contribution < 1.29 is 60.6 Å². The van der Waals surface area contributed by atoms with Gasteiger partial charge in [-0.15, -0.1) is 0 Å². The number of hydrogen-bond donors (Lipinski definition) is 11. The Morgan fingerprint density at radius 1 is 0.364 bits per heavy atom. The fourth-order valence-corrected chi connectivity index (χ4v) is 7.62. The van der Waals surface area contributed by atoms with Gasteiger partial charge in [0.05, 0.1) is 5.56 Å². The van der Waals surface area contributed by atoms with Crippen molar-refractivity contribution in [2.24, 2.45) is 0 Å². The van der Waals surface area contributed by atoms with E-state index in [9.17, 15) is 56.2 Å². The van der Waals surface area contributed by atoms with Crippen LogP contribution in [0, 0.1) is 20.8 Å². The maximum absolute atomic E-state index is 12.2. The summed E-state index contributed by atoms with van der Waals surface area (Å²) in [4.78, 5) is 0. The first kappa shape index (κ1) is 34.5. The molecule has 0 atom stereocenters. The summed E-state index contributed by atoms with van der Waals surface area (Å²) in [6, 6.07) is 20.5. The molecule has 0 saturated heterocycles. The van der Waals surface area contributed by atoms with E-state index in [-0.39, 0.29) is 83.2 Å². The lowest BCUT2D eigenvalue weighted by atomic mass is 9.80. The molecule has 0 radical (unpaired) electrons. The van der Waals surface area contributed by atoms with Crippen LogP contribution in [-0.4, -0.2) is 56.2 Å². The fourth-order valence-electron chi connectivity index (χ4n) is 7.62. The predicted molar refractivity (Wildman–Crippen MR) is 205 cm³/mol. The molecule has 0 spiro atoms. The zero-order valence-electron chi connectivity index (χ0n) is 29.3. The van der Waals surface area contributed by atoms with Gasteiger partial charge in [0.15, 0.2) is 23.0 Å². The van der Waals surface area contributed by atoms with E-state index in [2.05, 4.69) is 0 Å². The van der Waals surface area contributed by atoms with E-state index in [0.29, 0.717) is 11.1 Å². The zero-order chi connectivity index (χ0) is 39.4. The number of aryl methyl sites for hydroxylation is 1. The van der Waals surface area contributed by atoms with Gasteiger partial charge in [0.1, 0.15) is 22.8 Å². The Kier molecular flexibility index (Phi) is 7.50. The predicted octanol–water partition coefficient (Wildman–Crippen LogP) is 9.09. The summed E-state index contributed by atoms with van der Waals surface area (Å²) in [7, 11) is 0. The summed E-state index contributed by atoms with van der Waals surface area (Å²) < 4.78 is 6.15. The molecule has 0 amide bonds. The lowest BCUT2D eigenvalue weighted by Crippen LogP contribution is -1.98. The molecule has 7 aromatic carbocycles. The lowest BCUT2D eigenvalue weighted by Gasteiger charge is -2.24. The zero-order valence-corrected chi connectivity index (χ0v) is 29.3. The first-order chi connectivity index (χ1) is 26.2. The molecule has 8 aromatic rings. The highest BCUT2D eigenvalue weighted by Crippen LogP contribution is 2.62. The van der Waals surface area contributed by atoms with Crippen LogP contribution in [0.4, 0.5) is 0 Å². The fraction of sp³-hybridized carbons (Fsp3) is 0.0698. The van der Waals surface area contributed by atoms with E-state index in [4.69, 9.17) is 4.42 Å². The Balaban J connectivity index is 1.64. The third-order valence-corrected chi connectivity index (χ3v) is 10.4. The van der Waals surface area contributed by atoms with Crippen LogP contribution in [0.15, 0.2) is 77.2 Å². The number of fused-ring (bicyclic) bond motifs is 3. The SMILES string of the molecule is Cc1oc2ccc(-c3c(O)c(O)c(O)c(O)c3O)cc2c1-c1c2c(O)c(C)c(C)c(O)c2c(-c2ccccc2-c2ccccc2)c2c(O)c(O)c(O)c(O)c12. The topological polar surface area (TPSA) is 236 Å². The van der Waals surface area contributed by atoms with Crippen molar-refractivity contribution >= 4 is 32.5 Å². The number of furan rings is 1. The van der Waals surface area contributed by atoms with Crippen LogP contribution < -0.4 is 0 Å². The van der Waals surface area contributed by atoms with Gasteiger partial charge in [-0.1, -0.05) is 60.7 Å². The Morgan fingerprint density at radius 2 is 0.818 bits per heavy atom. The molecule has 12 nitrogen and oxygen atoms in total. The molecule has 0 aliphatic carbocycles. The van der Waals surface area contributed by atoms with Crippen molar-refractivity contribution in [1.82, 2.24) is 0 Å². The molecule has 0 unspecified atom stereocenters. The summed E-state index contributed by atoms with van der Waals surface area (Å²) in [5.74, 6) is -9.57. The second-order valence-corrected chi connectivity index (χ2v) is 13.4. The molecule has 0 saturated carbocycles. The summed E-state index contributed by atoms with van der Waals surface area (Å²) >= 11 is 0. The molecule has 55 heavy (non-hydrogen) atoms. The minimum absolute atomic E-state index is 0.00354. The van der Waals surface area contributed by atoms with Gasteiger partial charge >= 0.3 is 0 Å². The number of phenolic OH excluding ortho intramolecular Hbond substituents is 11. The maximum Gasteiger partial charge on any atom is 0.208 e. The molecule has 0 aliphatic rings. The second kappa shape index (κ2) is 12.0. The highest BCUT2D eigenvalue weighted by Gasteiger charge is 2.34. The van der Waals surface area contributed by atoms with Gasteiger partial charge in [-0.05, 0) is 66.3 Å². The number of aromatic hydroxyl groups is 11. The van der Waals surface area contributed by atoms with Crippen molar-refractivity contribution in [3.05, 3.63) is 89.7 Å². The van der Waals surface area contributed by atoms with Crippen LogP contribution in [0.2, 0.25) is 0 Å². The minimum atomic E-state index is -1.15. The number of phenols is 11. The van der Waals surface area contributed by atoms with E-state index in [0.717, 1.165) is 5.56 Å². The molecule has 12 heteroatoms. The van der Waals surface area contributed by atoms with Crippen molar-refractivity contribution in [3.63, 3.8) is 0 Å². The number of rotatable bonds is 4. The molecule has 0 bridgehead atoms. The van der Waals surface area contributed by atoms with Crippen LogP contribution in [0.1, 0.15) is 16.9 Å². The quantitative estimate of drug-likeness (QED) is 0.0460. The molecule has 276 valence electrons. The first-order valence-electron chi connectivity index (χ1n) is 16.8. The van der Waals surface area contributed by atoms with Gasteiger partial charge in [0.25, 0.3) is 0 Å². The summed E-state index contributed by atoms with van der Waals surface area (Å²) in [6.07, 6.45) is 0. The summed E-state index contributed by atoms with van der Waals surface area (Å²) in [6.45, 7) is 4.74. The van der Waals surface area contributed by atoms with Gasteiger partial charge in [-0.3, -0.25) is 0 Å². The molecule has 0 aliphatic heterocycles. The molecular weight excluding hydrogens is 708 g/mol. The normalized spacial score (nSPS) is 11.6. The third kappa shape index (κ3) is 4.64. The average Bonchev–Trinajstić information content (AvgIpc) is 3.52. The van der Waals surface area contributed by atoms with Gasteiger partial charge in [0.2, 0.25) is 28.7 Å². The van der Waals surface area contributed by atoms with E-state index in [1.54, 1.807) is 39.0 Å². The highest BCUT2D eigenvalue weighted by molar-refractivity contribution is 6.30. The average molecular weight is 741 g/mol. The Labute approximate surface area is 310 Å². The Bertz CT molecular complexity index is 2850. The van der Waals surface area contributed by atoms with Crippen LogP contribution in [0.25, 0.3) is 77.0 Å². The second-order valence-electron chi connectivity index (χ2n) is 13.4. The Hall–Kier alpha value is -7.60. The summed E-state index contributed by atoms with van der Waals surface area (Å²) in [5, 5.41) is 122. The van der Waals surface area contributed by atoms with Crippen LogP contribution in [0.5, 0.6) is 63.2 Å². The first-order valence-corrected chi connectivity index (χ1v) is 16.8. The third-order valence-electron chi connectivity index (χ3n) is 10.4. The highest BCUT2D eigenvalue weighted by atomic mass is 16.4. The van der Waals surface area contributed by atoms with Crippen LogP contribution in [0.3, 0.4) is 0 Å². The van der Waals surface area contributed by atoms with Crippen LogP contribution in [-0.2, 0) is 0 Å². The van der Waals surface area contributed by atoms with E-state index in [1.807, 2.05) is 36.4 Å². The Morgan fingerprint density at radius 3 is 1.40 bits per heavy atom. The van der Waals surface area contributed by atoms with E-state index >= 15 is 0 Å². The van der Waals surface area contributed by atoms with E-state index < -0.39 is 57.3 Å². The smallest absolute Gasteiger partial charge is 0.208 e. The molecule has 11 N–H and O–H groups in total.